The summed E-state index contributed by atoms with van der Waals surface area (Å²) >= 11 is 0. The first-order valence-electron chi connectivity index (χ1n) is 2.00. The molecule has 0 radical (unpaired) electrons. The van der Waals surface area contributed by atoms with Gasteiger partial charge in [0.15, 0.2) is 0 Å². The van der Waals surface area contributed by atoms with E-state index in [9.17, 15) is 4.79 Å². The maximum atomic E-state index is 10.0. The Morgan fingerprint density at radius 2 is 2.62 bits per heavy atom. The van der Waals surface area contributed by atoms with Gasteiger partial charge in [0, 0.05) is 0 Å². The third-order valence-corrected chi connectivity index (χ3v) is 0.437. The Balaban J connectivity index is 3.37. The summed E-state index contributed by atoms with van der Waals surface area (Å²) < 4.78 is 4.29. The molecule has 8 heavy (non-hydrogen) atoms. The number of amides is 1. The molecule has 0 bridgehead atoms. The zero-order valence-corrected chi connectivity index (χ0v) is 4.50. The Labute approximate surface area is 47.5 Å². The van der Waals surface area contributed by atoms with Crippen LogP contribution in [-0.4, -0.2) is 32.0 Å². The van der Waals surface area contributed by atoms with Gasteiger partial charge >= 0.3 is 46.3 Å². The van der Waals surface area contributed by atoms with Crippen molar-refractivity contribution in [2.45, 2.75) is 0 Å². The molecule has 5 heteroatoms. The third kappa shape index (κ3) is 3.48. The normalized spacial score (nSPS) is 8.75. The first-order chi connectivity index (χ1) is 3.81. The number of aliphatic hydroxyl groups excluding tert-OH is 1. The standard InChI is InChI=1S/C3H6BNO3/c1-8-4-5-3(7)2-6/h6H,2H2,1H3. The van der Waals surface area contributed by atoms with Crippen LogP contribution in [0.5, 0.6) is 0 Å². The second kappa shape index (κ2) is 4.45. The first-order valence-corrected chi connectivity index (χ1v) is 2.00. The molecule has 0 aliphatic rings. The predicted octanol–water partition coefficient (Wildman–Crippen LogP) is -1.05. The number of carbonyl (C=O) groups is 1. The SMILES string of the molecule is CO/B=N/C(=O)CO. The van der Waals surface area contributed by atoms with Crippen molar-refractivity contribution >= 4 is 13.2 Å². The van der Waals surface area contributed by atoms with Crippen molar-refractivity contribution in [3.63, 3.8) is 0 Å². The summed E-state index contributed by atoms with van der Waals surface area (Å²) in [6, 6.07) is 0. The molecular weight excluding hydrogens is 109 g/mol. The second-order valence-electron chi connectivity index (χ2n) is 1.02. The number of nitrogens with zero attached hydrogens (tertiary/aromatic N) is 1. The van der Waals surface area contributed by atoms with Gasteiger partial charge in [0.2, 0.25) is 0 Å². The van der Waals surface area contributed by atoms with Crippen molar-refractivity contribution < 1.29 is 14.6 Å². The van der Waals surface area contributed by atoms with Crippen LogP contribution in [0.4, 0.5) is 0 Å². The number of hydrogen-bond acceptors (Lipinski definition) is 3. The zero-order chi connectivity index (χ0) is 6.41. The van der Waals surface area contributed by atoms with E-state index in [1.807, 2.05) is 0 Å². The Hall–Kier alpha value is -0.705. The van der Waals surface area contributed by atoms with Crippen LogP contribution in [0.2, 0.25) is 0 Å². The summed E-state index contributed by atoms with van der Waals surface area (Å²) in [4.78, 5) is 13.2. The summed E-state index contributed by atoms with van der Waals surface area (Å²) in [5, 5.41) is 8.04. The van der Waals surface area contributed by atoms with Crippen LogP contribution in [0.3, 0.4) is 0 Å². The fourth-order valence-electron chi connectivity index (χ4n) is 0.152. The maximum absolute atomic E-state index is 10.0. The van der Waals surface area contributed by atoms with Gasteiger partial charge in [0.05, 0.1) is 0 Å². The molecular formula is C3H6BNO3. The fraction of sp³-hybridized carbons (Fsp3) is 0.667. The van der Waals surface area contributed by atoms with E-state index in [1.165, 1.54) is 7.11 Å². The van der Waals surface area contributed by atoms with Crippen LogP contribution < -0.4 is 0 Å². The summed E-state index contributed by atoms with van der Waals surface area (Å²) in [6.07, 6.45) is 0. The van der Waals surface area contributed by atoms with Crippen LogP contribution in [0.1, 0.15) is 0 Å². The summed E-state index contributed by atoms with van der Waals surface area (Å²) in [5.41, 5.74) is 0. The molecule has 0 aromatic rings. The minimum absolute atomic E-state index is 0.570. The average molecular weight is 115 g/mol. The molecule has 1 N–H and O–H groups in total. The second-order valence-corrected chi connectivity index (χ2v) is 1.02. The van der Waals surface area contributed by atoms with Gasteiger partial charge in [0.25, 0.3) is 0 Å². The molecule has 0 aliphatic heterocycles. The van der Waals surface area contributed by atoms with Gasteiger partial charge < -0.3 is 0 Å². The van der Waals surface area contributed by atoms with Gasteiger partial charge in [-0.05, 0) is 0 Å². The molecule has 0 saturated heterocycles. The van der Waals surface area contributed by atoms with Crippen molar-refractivity contribution in [3.05, 3.63) is 0 Å². The van der Waals surface area contributed by atoms with Gasteiger partial charge in [-0.25, -0.2) is 0 Å². The molecule has 4 nitrogen and oxygen atoms in total. The quantitative estimate of drug-likeness (QED) is 0.467. The van der Waals surface area contributed by atoms with Gasteiger partial charge in [0.1, 0.15) is 0 Å². The first kappa shape index (κ1) is 7.29. The molecule has 0 saturated carbocycles. The predicted molar refractivity (Wildman–Crippen MR) is 27.3 cm³/mol. The van der Waals surface area contributed by atoms with Crippen molar-refractivity contribution in [1.82, 2.24) is 0 Å². The molecule has 0 heterocycles. The molecule has 0 aromatic heterocycles. The van der Waals surface area contributed by atoms with Gasteiger partial charge in [-0.2, -0.15) is 0 Å². The molecule has 0 spiro atoms. The molecule has 0 aliphatic carbocycles. The van der Waals surface area contributed by atoms with Crippen molar-refractivity contribution in [1.29, 1.82) is 0 Å². The molecule has 0 atom stereocenters. The van der Waals surface area contributed by atoms with E-state index in [0.717, 1.165) is 7.27 Å². The summed E-state index contributed by atoms with van der Waals surface area (Å²) in [5.74, 6) is -0.605. The van der Waals surface area contributed by atoms with Crippen LogP contribution >= 0.6 is 0 Å². The number of carbonyl (C=O) groups excluding carboxylic acids is 1. The minimum atomic E-state index is -0.605. The van der Waals surface area contributed by atoms with E-state index >= 15 is 0 Å². The molecule has 44 valence electrons. The Morgan fingerprint density at radius 3 is 3.00 bits per heavy atom. The molecule has 0 fully saturated rings. The Morgan fingerprint density at radius 1 is 2.00 bits per heavy atom. The van der Waals surface area contributed by atoms with Crippen LogP contribution in [-0.2, 0) is 9.45 Å². The van der Waals surface area contributed by atoms with Crippen LogP contribution in [0, 0.1) is 0 Å². The Bertz CT molecular complexity index is 103. The van der Waals surface area contributed by atoms with E-state index in [0.29, 0.717) is 0 Å². The van der Waals surface area contributed by atoms with Crippen molar-refractivity contribution in [3.8, 4) is 0 Å². The van der Waals surface area contributed by atoms with Gasteiger partial charge in [-0.1, -0.05) is 0 Å². The van der Waals surface area contributed by atoms with Crippen molar-refractivity contribution in [2.75, 3.05) is 13.7 Å². The molecule has 0 rings (SSSR count). The average Bonchev–Trinajstić information content (AvgIpc) is 1.83. The molecule has 0 unspecified atom stereocenters. The van der Waals surface area contributed by atoms with E-state index in [4.69, 9.17) is 5.11 Å². The van der Waals surface area contributed by atoms with E-state index in [-0.39, 0.29) is 0 Å². The Kier molecular flexibility index (Phi) is 4.06. The van der Waals surface area contributed by atoms with E-state index in [1.54, 1.807) is 0 Å². The zero-order valence-electron chi connectivity index (χ0n) is 4.50. The van der Waals surface area contributed by atoms with Crippen molar-refractivity contribution in [2.24, 2.45) is 4.90 Å². The monoisotopic (exact) mass is 115 g/mol. The van der Waals surface area contributed by atoms with E-state index in [2.05, 4.69) is 9.55 Å². The van der Waals surface area contributed by atoms with Gasteiger partial charge in [-0.15, -0.1) is 0 Å². The molecule has 0 aromatic carbocycles. The fourth-order valence-corrected chi connectivity index (χ4v) is 0.152. The number of rotatable bonds is 2. The number of aliphatic hydroxyl groups is 1. The summed E-state index contributed by atoms with van der Waals surface area (Å²) in [6.45, 7) is -0.570. The molecule has 1 amide bonds. The van der Waals surface area contributed by atoms with Crippen LogP contribution in [0.15, 0.2) is 4.90 Å². The van der Waals surface area contributed by atoms with Gasteiger partial charge in [-0.3, -0.25) is 0 Å². The summed E-state index contributed by atoms with van der Waals surface area (Å²) in [7, 11) is 2.34. The van der Waals surface area contributed by atoms with Crippen LogP contribution in [0.25, 0.3) is 0 Å². The van der Waals surface area contributed by atoms with E-state index < -0.39 is 12.5 Å². The third-order valence-electron chi connectivity index (χ3n) is 0.437. The topological polar surface area (TPSA) is 58.9 Å². The number of hydrogen-bond donors (Lipinski definition) is 1.